The Morgan fingerprint density at radius 2 is 1.23 bits per heavy atom. The number of piperidine rings is 1. The van der Waals surface area contributed by atoms with Gasteiger partial charge in [0.25, 0.3) is 0 Å². The summed E-state index contributed by atoms with van der Waals surface area (Å²) in [5.74, 6) is 0. The summed E-state index contributed by atoms with van der Waals surface area (Å²) in [6.07, 6.45) is -17.8. The van der Waals surface area contributed by atoms with Gasteiger partial charge in [0.05, 0.1) is 6.10 Å². The first-order chi connectivity index (χ1) is 13.9. The highest BCUT2D eigenvalue weighted by Crippen LogP contribution is 2.54. The van der Waals surface area contributed by atoms with E-state index in [1.165, 1.54) is 0 Å². The summed E-state index contributed by atoms with van der Waals surface area (Å²) in [7, 11) is 0. The van der Waals surface area contributed by atoms with Crippen LogP contribution in [-0.4, -0.2) is 54.5 Å². The van der Waals surface area contributed by atoms with Crippen LogP contribution < -0.4 is 5.32 Å². The van der Waals surface area contributed by atoms with Crippen molar-refractivity contribution in [3.8, 4) is 0 Å². The predicted molar refractivity (Wildman–Crippen MR) is 95.6 cm³/mol. The first-order valence-corrected chi connectivity index (χ1v) is 10.1. The molecule has 0 amide bonds. The van der Waals surface area contributed by atoms with Crippen molar-refractivity contribution in [2.45, 2.75) is 108 Å². The number of halogens is 9. The molecule has 12 heteroatoms. The second kappa shape index (κ2) is 9.62. The van der Waals surface area contributed by atoms with Gasteiger partial charge in [0, 0.05) is 24.3 Å². The number of ether oxygens (including phenoxy) is 2. The lowest BCUT2D eigenvalue weighted by molar-refractivity contribution is -0.457. The largest absolute Gasteiger partial charge is 0.435 e. The molecule has 31 heavy (non-hydrogen) atoms. The molecule has 1 aliphatic rings. The molecule has 0 aromatic carbocycles. The first-order valence-electron chi connectivity index (χ1n) is 10.1. The molecule has 186 valence electrons. The zero-order valence-corrected chi connectivity index (χ0v) is 18.0. The SMILES string of the molecule is CCC1(CC)CC(OCCCCOC(C(F)(F)F)(C(F)(F)F)C(F)(F)F)CC(C)(C)N1. The van der Waals surface area contributed by atoms with Crippen LogP contribution in [0.25, 0.3) is 0 Å². The number of nitrogens with one attached hydrogen (secondary N) is 1. The Morgan fingerprint density at radius 3 is 1.65 bits per heavy atom. The standard InChI is InChI=1S/C19H30F9NO2/c1-5-15(6-2)12-13(11-14(3,4)29-15)30-9-7-8-10-31-16(17(20,21)22,18(23,24)25)19(26,27)28/h13,29H,5-12H2,1-4H3. The first kappa shape index (κ1) is 28.3. The lowest BCUT2D eigenvalue weighted by Gasteiger charge is -2.49. The summed E-state index contributed by atoms with van der Waals surface area (Å²) in [5, 5.41) is 3.59. The average molecular weight is 475 g/mol. The molecule has 0 radical (unpaired) electrons. The van der Waals surface area contributed by atoms with Gasteiger partial charge in [0.1, 0.15) is 0 Å². The highest BCUT2D eigenvalue weighted by molar-refractivity contribution is 5.03. The Balaban J connectivity index is 2.66. The van der Waals surface area contributed by atoms with Crippen molar-refractivity contribution < 1.29 is 49.0 Å². The molecule has 1 saturated heterocycles. The van der Waals surface area contributed by atoms with Crippen LogP contribution in [0.1, 0.15) is 66.2 Å². The zero-order valence-electron chi connectivity index (χ0n) is 18.0. The summed E-state index contributed by atoms with van der Waals surface area (Å²) in [6, 6.07) is 0. The molecule has 0 saturated carbocycles. The van der Waals surface area contributed by atoms with Gasteiger partial charge in [-0.15, -0.1) is 0 Å². The van der Waals surface area contributed by atoms with Gasteiger partial charge in [-0.25, -0.2) is 0 Å². The van der Waals surface area contributed by atoms with Gasteiger partial charge in [-0.2, -0.15) is 39.5 Å². The van der Waals surface area contributed by atoms with Crippen LogP contribution in [0.3, 0.4) is 0 Å². The number of hydrogen-bond acceptors (Lipinski definition) is 3. The van der Waals surface area contributed by atoms with Crippen LogP contribution in [0, 0.1) is 0 Å². The molecular weight excluding hydrogens is 445 g/mol. The summed E-state index contributed by atoms with van der Waals surface area (Å²) in [6.45, 7) is 6.68. The number of rotatable bonds is 9. The van der Waals surface area contributed by atoms with Crippen LogP contribution in [0.5, 0.6) is 0 Å². The fraction of sp³-hybridized carbons (Fsp3) is 1.00. The number of hydrogen-bond donors (Lipinski definition) is 1. The van der Waals surface area contributed by atoms with Crippen molar-refractivity contribution in [2.75, 3.05) is 13.2 Å². The normalized spacial score (nSPS) is 22.5. The molecule has 1 atom stereocenters. The van der Waals surface area contributed by atoms with Gasteiger partial charge in [-0.1, -0.05) is 13.8 Å². The molecule has 1 aliphatic heterocycles. The fourth-order valence-electron chi connectivity index (χ4n) is 4.14. The topological polar surface area (TPSA) is 30.5 Å². The van der Waals surface area contributed by atoms with E-state index in [1.54, 1.807) is 0 Å². The number of unbranched alkanes of at least 4 members (excludes halogenated alkanes) is 1. The monoisotopic (exact) mass is 475 g/mol. The fourth-order valence-corrected chi connectivity index (χ4v) is 4.14. The van der Waals surface area contributed by atoms with Crippen LogP contribution in [0.2, 0.25) is 0 Å². The van der Waals surface area contributed by atoms with Gasteiger partial charge in [0.2, 0.25) is 0 Å². The van der Waals surface area contributed by atoms with Crippen molar-refractivity contribution in [2.24, 2.45) is 0 Å². The summed E-state index contributed by atoms with van der Waals surface area (Å²) < 4.78 is 124. The minimum atomic E-state index is -6.70. The van der Waals surface area contributed by atoms with E-state index in [-0.39, 0.29) is 30.2 Å². The second-order valence-electron chi connectivity index (χ2n) is 8.63. The molecule has 0 aromatic rings. The lowest BCUT2D eigenvalue weighted by Crippen LogP contribution is -2.67. The van der Waals surface area contributed by atoms with E-state index in [9.17, 15) is 39.5 Å². The Bertz CT molecular complexity index is 530. The predicted octanol–water partition coefficient (Wildman–Crippen LogP) is 6.31. The Kier molecular flexibility index (Phi) is 8.78. The van der Waals surface area contributed by atoms with Crippen LogP contribution in [0.4, 0.5) is 39.5 Å². The van der Waals surface area contributed by atoms with Crippen LogP contribution >= 0.6 is 0 Å². The molecule has 0 aromatic heterocycles. The molecule has 0 spiro atoms. The maximum atomic E-state index is 12.8. The summed E-state index contributed by atoms with van der Waals surface area (Å²) in [5.41, 5.74) is -6.60. The molecule has 3 nitrogen and oxygen atoms in total. The number of alkyl halides is 9. The molecule has 1 fully saturated rings. The van der Waals surface area contributed by atoms with Gasteiger partial charge >= 0.3 is 24.1 Å². The molecule has 0 bridgehead atoms. The summed E-state index contributed by atoms with van der Waals surface area (Å²) >= 11 is 0. The highest BCUT2D eigenvalue weighted by atomic mass is 19.4. The third kappa shape index (κ3) is 6.40. The lowest BCUT2D eigenvalue weighted by atomic mass is 9.76. The quantitative estimate of drug-likeness (QED) is 0.313. The van der Waals surface area contributed by atoms with E-state index < -0.39 is 37.2 Å². The van der Waals surface area contributed by atoms with Crippen LogP contribution in [0.15, 0.2) is 0 Å². The minimum absolute atomic E-state index is 0.00926. The van der Waals surface area contributed by atoms with Crippen LogP contribution in [-0.2, 0) is 9.47 Å². The van der Waals surface area contributed by atoms with Gasteiger partial charge in [-0.3, -0.25) is 0 Å². The zero-order chi connectivity index (χ0) is 24.4. The average Bonchev–Trinajstić information content (AvgIpc) is 2.56. The smallest absolute Gasteiger partial charge is 0.378 e. The van der Waals surface area contributed by atoms with Gasteiger partial charge in [-0.05, 0) is 52.4 Å². The molecule has 1 heterocycles. The van der Waals surface area contributed by atoms with Crippen molar-refractivity contribution in [1.29, 1.82) is 0 Å². The van der Waals surface area contributed by atoms with E-state index in [0.717, 1.165) is 12.8 Å². The highest BCUT2D eigenvalue weighted by Gasteiger charge is 2.85. The van der Waals surface area contributed by atoms with Gasteiger partial charge < -0.3 is 14.8 Å². The molecule has 1 unspecified atom stereocenters. The van der Waals surface area contributed by atoms with E-state index in [1.807, 2.05) is 27.7 Å². The van der Waals surface area contributed by atoms with E-state index in [4.69, 9.17) is 4.74 Å². The maximum absolute atomic E-state index is 12.8. The Labute approximate surface area is 176 Å². The van der Waals surface area contributed by atoms with E-state index in [0.29, 0.717) is 12.8 Å². The van der Waals surface area contributed by atoms with Gasteiger partial charge in [0.15, 0.2) is 0 Å². The van der Waals surface area contributed by atoms with E-state index >= 15 is 0 Å². The second-order valence-corrected chi connectivity index (χ2v) is 8.63. The molecule has 0 aliphatic carbocycles. The van der Waals surface area contributed by atoms with Crippen molar-refractivity contribution in [1.82, 2.24) is 5.32 Å². The van der Waals surface area contributed by atoms with Crippen molar-refractivity contribution >= 4 is 0 Å². The molecular formula is C19H30F9NO2. The van der Waals surface area contributed by atoms with Crippen molar-refractivity contribution in [3.63, 3.8) is 0 Å². The van der Waals surface area contributed by atoms with E-state index in [2.05, 4.69) is 10.1 Å². The third-order valence-corrected chi connectivity index (χ3v) is 5.72. The minimum Gasteiger partial charge on any atom is -0.378 e. The Hall–Kier alpha value is -0.750. The molecule has 1 N–H and O–H groups in total. The van der Waals surface area contributed by atoms with Crippen molar-refractivity contribution in [3.05, 3.63) is 0 Å². The maximum Gasteiger partial charge on any atom is 0.435 e. The summed E-state index contributed by atoms with van der Waals surface area (Å²) in [4.78, 5) is 0. The third-order valence-electron chi connectivity index (χ3n) is 5.72. The molecule has 1 rings (SSSR count). The Morgan fingerprint density at radius 1 is 0.774 bits per heavy atom.